The highest BCUT2D eigenvalue weighted by Crippen LogP contribution is 2.09. The van der Waals surface area contributed by atoms with Crippen molar-refractivity contribution in [2.75, 3.05) is 13.6 Å². The zero-order chi connectivity index (χ0) is 11.4. The zero-order valence-electron chi connectivity index (χ0n) is 10.5. The number of hydrogen-bond acceptors (Lipinski definition) is 4. The van der Waals surface area contributed by atoms with E-state index in [1.54, 1.807) is 10.3 Å². The third kappa shape index (κ3) is 6.32. The van der Waals surface area contributed by atoms with Crippen LogP contribution in [0, 0.1) is 0 Å². The average Bonchev–Trinajstić information content (AvgIpc) is 1.96. The molecule has 1 radical (unpaired) electrons. The van der Waals surface area contributed by atoms with Crippen LogP contribution in [0.25, 0.3) is 0 Å². The second kappa shape index (κ2) is 5.66. The second-order valence-corrected chi connectivity index (χ2v) is 4.49. The standard InChI is InChI=1S/C10H24N2O2/c1-8-12(13-9(2)3)11(7)14-10(4,5)6/h9H,8H2,1-7H3/q+1. The van der Waals surface area contributed by atoms with Gasteiger partial charge in [-0.1, -0.05) is 0 Å². The van der Waals surface area contributed by atoms with E-state index in [-0.39, 0.29) is 11.7 Å². The minimum atomic E-state index is -0.206. The molecule has 0 aromatic carbocycles. The second-order valence-electron chi connectivity index (χ2n) is 4.49. The third-order valence-electron chi connectivity index (χ3n) is 1.32. The van der Waals surface area contributed by atoms with Crippen molar-refractivity contribution >= 4 is 0 Å². The minimum Gasteiger partial charge on any atom is -0.244 e. The molecule has 0 aliphatic carbocycles. The number of rotatable bonds is 5. The first-order valence-corrected chi connectivity index (χ1v) is 5.13. The summed E-state index contributed by atoms with van der Waals surface area (Å²) in [4.78, 5) is 11.2. The van der Waals surface area contributed by atoms with E-state index in [0.717, 1.165) is 6.54 Å². The van der Waals surface area contributed by atoms with Gasteiger partial charge in [0.15, 0.2) is 7.05 Å². The normalized spacial score (nSPS) is 13.3. The Morgan fingerprint density at radius 1 is 1.29 bits per heavy atom. The predicted octanol–water partition coefficient (Wildman–Crippen LogP) is 2.06. The first kappa shape index (κ1) is 13.8. The molecule has 0 saturated carbocycles. The van der Waals surface area contributed by atoms with Crippen LogP contribution in [0.1, 0.15) is 41.5 Å². The summed E-state index contributed by atoms with van der Waals surface area (Å²) in [5.41, 5.74) is -0.206. The van der Waals surface area contributed by atoms with Crippen LogP contribution in [0.2, 0.25) is 0 Å². The lowest BCUT2D eigenvalue weighted by Gasteiger charge is -2.23. The molecule has 0 aliphatic heterocycles. The first-order chi connectivity index (χ1) is 6.26. The SMILES string of the molecule is CCN(OC(C)C)[N+](C)OC(C)(C)C. The van der Waals surface area contributed by atoms with Crippen LogP contribution in [-0.4, -0.2) is 30.5 Å². The van der Waals surface area contributed by atoms with Gasteiger partial charge in [-0.05, 0) is 41.5 Å². The molecule has 0 N–H and O–H groups in total. The van der Waals surface area contributed by atoms with Gasteiger partial charge in [-0.3, -0.25) is 0 Å². The van der Waals surface area contributed by atoms with E-state index in [0.29, 0.717) is 0 Å². The summed E-state index contributed by atoms with van der Waals surface area (Å²) in [5.74, 6) is 0. The number of hydrazine groups is 1. The van der Waals surface area contributed by atoms with Gasteiger partial charge in [0.25, 0.3) is 0 Å². The lowest BCUT2D eigenvalue weighted by molar-refractivity contribution is -0.365. The highest BCUT2D eigenvalue weighted by Gasteiger charge is 2.30. The molecule has 0 atom stereocenters. The molecule has 0 rings (SSSR count). The van der Waals surface area contributed by atoms with Crippen molar-refractivity contribution < 1.29 is 9.68 Å². The zero-order valence-corrected chi connectivity index (χ0v) is 10.5. The first-order valence-electron chi connectivity index (χ1n) is 5.13. The van der Waals surface area contributed by atoms with Crippen molar-refractivity contribution in [1.82, 2.24) is 10.3 Å². The molecule has 0 aromatic rings. The fourth-order valence-electron chi connectivity index (χ4n) is 1.03. The van der Waals surface area contributed by atoms with Crippen molar-refractivity contribution in [3.05, 3.63) is 0 Å². The van der Waals surface area contributed by atoms with Crippen LogP contribution in [-0.2, 0) is 9.68 Å². The Kier molecular flexibility index (Phi) is 5.59. The van der Waals surface area contributed by atoms with Gasteiger partial charge in [-0.25, -0.2) is 4.84 Å². The largest absolute Gasteiger partial charge is 0.244 e. The maximum Gasteiger partial charge on any atom is 0.178 e. The Morgan fingerprint density at radius 3 is 2.07 bits per heavy atom. The maximum absolute atomic E-state index is 5.63. The van der Waals surface area contributed by atoms with E-state index in [4.69, 9.17) is 9.68 Å². The van der Waals surface area contributed by atoms with Crippen LogP contribution < -0.4 is 5.17 Å². The summed E-state index contributed by atoms with van der Waals surface area (Å²) >= 11 is 0. The summed E-state index contributed by atoms with van der Waals surface area (Å²) in [7, 11) is 1.84. The van der Waals surface area contributed by atoms with Crippen molar-refractivity contribution in [1.29, 1.82) is 0 Å². The van der Waals surface area contributed by atoms with E-state index in [1.165, 1.54) is 0 Å². The molecule has 0 aromatic heterocycles. The Labute approximate surface area is 87.6 Å². The summed E-state index contributed by atoms with van der Waals surface area (Å²) in [5, 5.41) is 3.34. The fraction of sp³-hybridized carbons (Fsp3) is 1.00. The quantitative estimate of drug-likeness (QED) is 0.507. The van der Waals surface area contributed by atoms with E-state index >= 15 is 0 Å². The summed E-state index contributed by atoms with van der Waals surface area (Å²) in [6.07, 6.45) is 0.154. The molecule has 0 fully saturated rings. The van der Waals surface area contributed by atoms with Gasteiger partial charge in [0.1, 0.15) is 10.8 Å². The van der Waals surface area contributed by atoms with E-state index in [9.17, 15) is 0 Å². The minimum absolute atomic E-state index is 0.154. The van der Waals surface area contributed by atoms with E-state index in [2.05, 4.69) is 0 Å². The number of nitrogens with zero attached hydrogens (tertiary/aromatic N) is 2. The number of hydroxylamine groups is 2. The van der Waals surface area contributed by atoms with Crippen molar-refractivity contribution in [2.45, 2.75) is 53.2 Å². The van der Waals surface area contributed by atoms with Gasteiger partial charge in [-0.15, -0.1) is 4.84 Å². The van der Waals surface area contributed by atoms with Gasteiger partial charge >= 0.3 is 0 Å². The van der Waals surface area contributed by atoms with Gasteiger partial charge < -0.3 is 0 Å². The van der Waals surface area contributed by atoms with Crippen molar-refractivity contribution in [3.63, 3.8) is 0 Å². The van der Waals surface area contributed by atoms with E-state index < -0.39 is 0 Å². The Morgan fingerprint density at radius 2 is 1.79 bits per heavy atom. The highest BCUT2D eigenvalue weighted by molar-refractivity contribution is 4.57. The van der Waals surface area contributed by atoms with Gasteiger partial charge in [0.2, 0.25) is 0 Å². The van der Waals surface area contributed by atoms with Crippen molar-refractivity contribution in [2.24, 2.45) is 0 Å². The van der Waals surface area contributed by atoms with Gasteiger partial charge in [0.05, 0.1) is 17.8 Å². The molecule has 0 unspecified atom stereocenters. The summed E-state index contributed by atoms with van der Waals surface area (Å²) < 4.78 is 0. The molecule has 0 heterocycles. The molecule has 4 heteroatoms. The fourth-order valence-corrected chi connectivity index (χ4v) is 1.03. The summed E-state index contributed by atoms with van der Waals surface area (Å²) in [6.45, 7) is 12.8. The predicted molar refractivity (Wildman–Crippen MR) is 57.5 cm³/mol. The summed E-state index contributed by atoms with van der Waals surface area (Å²) in [6, 6.07) is 0. The molecular weight excluding hydrogens is 180 g/mol. The van der Waals surface area contributed by atoms with Crippen LogP contribution >= 0.6 is 0 Å². The average molecular weight is 204 g/mol. The molecule has 0 aliphatic rings. The Balaban J connectivity index is 4.10. The topological polar surface area (TPSA) is 27.6 Å². The number of hydrogen-bond donors (Lipinski definition) is 0. The lowest BCUT2D eigenvalue weighted by Crippen LogP contribution is -2.49. The molecule has 4 nitrogen and oxygen atoms in total. The molecule has 0 saturated heterocycles. The maximum atomic E-state index is 5.63. The molecule has 85 valence electrons. The molecule has 0 bridgehead atoms. The van der Waals surface area contributed by atoms with Crippen LogP contribution in [0.5, 0.6) is 0 Å². The third-order valence-corrected chi connectivity index (χ3v) is 1.32. The van der Waals surface area contributed by atoms with Crippen LogP contribution in [0.15, 0.2) is 0 Å². The molecular formula is C10H24N2O2+. The van der Waals surface area contributed by atoms with Gasteiger partial charge in [0, 0.05) is 0 Å². The Bertz CT molecular complexity index is 155. The van der Waals surface area contributed by atoms with Crippen LogP contribution in [0.3, 0.4) is 0 Å². The smallest absolute Gasteiger partial charge is 0.178 e. The van der Waals surface area contributed by atoms with E-state index in [1.807, 2.05) is 48.6 Å². The molecule has 14 heavy (non-hydrogen) atoms. The molecule has 0 spiro atoms. The Hall–Kier alpha value is -0.160. The van der Waals surface area contributed by atoms with Crippen molar-refractivity contribution in [3.8, 4) is 0 Å². The van der Waals surface area contributed by atoms with Crippen LogP contribution in [0.4, 0.5) is 0 Å². The highest BCUT2D eigenvalue weighted by atomic mass is 16.8. The lowest BCUT2D eigenvalue weighted by atomic mass is 10.2. The van der Waals surface area contributed by atoms with Gasteiger partial charge in [-0.2, -0.15) is 0 Å². The monoisotopic (exact) mass is 204 g/mol. The molecule has 0 amide bonds.